The van der Waals surface area contributed by atoms with Crippen LogP contribution in [0.2, 0.25) is 0 Å². The molecule has 1 atom stereocenters. The molecule has 2 aromatic rings. The van der Waals surface area contributed by atoms with Gasteiger partial charge in [-0.3, -0.25) is 0 Å². The molecule has 18 heavy (non-hydrogen) atoms. The van der Waals surface area contributed by atoms with E-state index in [-0.39, 0.29) is 0 Å². The molecule has 0 spiro atoms. The number of benzene rings is 2. The number of nitrogens with one attached hydrogen (secondary N) is 1. The van der Waals surface area contributed by atoms with Crippen molar-refractivity contribution < 1.29 is 9.26 Å². The molecule has 0 saturated carbocycles. The van der Waals surface area contributed by atoms with Gasteiger partial charge in [0.2, 0.25) is 6.42 Å². The lowest BCUT2D eigenvalue weighted by molar-refractivity contribution is 0.414. The van der Waals surface area contributed by atoms with Crippen LogP contribution in [0.1, 0.15) is 0 Å². The highest BCUT2D eigenvalue weighted by Crippen LogP contribution is 2.56. The van der Waals surface area contributed by atoms with Crippen molar-refractivity contribution in [2.45, 2.75) is 0 Å². The molecule has 1 aliphatic rings. The van der Waals surface area contributed by atoms with Crippen LogP contribution < -0.4 is 19.7 Å². The Morgan fingerprint density at radius 3 is 2.67 bits per heavy atom. The van der Waals surface area contributed by atoms with Gasteiger partial charge < -0.3 is 14.3 Å². The molecule has 0 fully saturated rings. The van der Waals surface area contributed by atoms with Crippen molar-refractivity contribution in [3.63, 3.8) is 0 Å². The number of hydrogen-bond donors (Lipinski definition) is 1. The molecule has 0 bridgehead atoms. The molecule has 3 rings (SSSR count). The maximum absolute atomic E-state index is 5.94. The lowest BCUT2D eigenvalue weighted by Crippen LogP contribution is -2.10. The zero-order valence-corrected chi connectivity index (χ0v) is 11.5. The number of anilines is 1. The zero-order chi connectivity index (χ0) is 12.6. The summed E-state index contributed by atoms with van der Waals surface area (Å²) in [6, 6.07) is 15.6. The molecule has 3 nitrogen and oxygen atoms in total. The van der Waals surface area contributed by atoms with E-state index in [1.54, 1.807) is 7.11 Å². The molecular weight excluding hydrogens is 265 g/mol. The van der Waals surface area contributed by atoms with Crippen LogP contribution in [0.3, 0.4) is 0 Å². The van der Waals surface area contributed by atoms with E-state index in [1.165, 1.54) is 0 Å². The number of hydrogen-bond acceptors (Lipinski definition) is 3. The van der Waals surface area contributed by atoms with Crippen molar-refractivity contribution in [1.82, 2.24) is 0 Å². The molecule has 92 valence electrons. The van der Waals surface area contributed by atoms with Gasteiger partial charge in [-0.25, -0.2) is 0 Å². The largest absolute Gasteiger partial charge is 0.497 e. The monoisotopic (exact) mass is 277 g/mol. The summed E-state index contributed by atoms with van der Waals surface area (Å²) in [5.41, 5.74) is 0.904. The summed E-state index contributed by atoms with van der Waals surface area (Å²) < 4.78 is 11.1. The quantitative estimate of drug-likeness (QED) is 0.854. The summed E-state index contributed by atoms with van der Waals surface area (Å²) >= 11 is 5.65. The highest BCUT2D eigenvalue weighted by Gasteiger charge is 2.30. The summed E-state index contributed by atoms with van der Waals surface area (Å²) in [5, 5.41) is 4.35. The first-order chi connectivity index (χ1) is 8.71. The third-order valence-electron chi connectivity index (χ3n) is 2.78. The highest BCUT2D eigenvalue weighted by molar-refractivity contribution is 8.16. The van der Waals surface area contributed by atoms with Crippen molar-refractivity contribution >= 4 is 29.2 Å². The number of methoxy groups -OCH3 is 1. The van der Waals surface area contributed by atoms with Gasteiger partial charge in [-0.1, -0.05) is 18.2 Å². The van der Waals surface area contributed by atoms with Gasteiger partial charge in [-0.15, -0.1) is 0 Å². The van der Waals surface area contributed by atoms with E-state index in [1.807, 2.05) is 48.5 Å². The lowest BCUT2D eigenvalue weighted by atomic mass is 10.3. The van der Waals surface area contributed by atoms with Gasteiger partial charge in [0.1, 0.15) is 11.5 Å². The normalized spacial score (nSPS) is 20.7. The van der Waals surface area contributed by atoms with Crippen molar-refractivity contribution in [2.75, 3.05) is 12.2 Å². The first kappa shape index (κ1) is 11.6. The van der Waals surface area contributed by atoms with Crippen LogP contribution in [-0.2, 0) is 11.8 Å². The Morgan fingerprint density at radius 1 is 1.17 bits per heavy atom. The summed E-state index contributed by atoms with van der Waals surface area (Å²) in [6.45, 7) is 0. The summed E-state index contributed by atoms with van der Waals surface area (Å²) in [7, 11) is 1.64. The van der Waals surface area contributed by atoms with Crippen LogP contribution in [0.15, 0.2) is 48.5 Å². The van der Waals surface area contributed by atoms with Gasteiger partial charge in [-0.2, -0.15) is 0 Å². The van der Waals surface area contributed by atoms with E-state index in [0.717, 1.165) is 22.5 Å². The maximum Gasteiger partial charge on any atom is 0.232 e. The van der Waals surface area contributed by atoms with E-state index in [4.69, 9.17) is 21.1 Å². The zero-order valence-electron chi connectivity index (χ0n) is 9.79. The fraction of sp³-hybridized carbons (Fsp3) is 0.0769. The molecule has 2 aromatic carbocycles. The van der Waals surface area contributed by atoms with E-state index in [0.29, 0.717) is 0 Å². The summed E-state index contributed by atoms with van der Waals surface area (Å²) in [4.78, 5) is 0. The molecule has 0 saturated heterocycles. The molecule has 1 aliphatic heterocycles. The van der Waals surface area contributed by atoms with Gasteiger partial charge in [0, 0.05) is 11.4 Å². The second-order valence-electron chi connectivity index (χ2n) is 3.95. The van der Waals surface area contributed by atoms with Crippen molar-refractivity contribution in [3.05, 3.63) is 48.5 Å². The van der Waals surface area contributed by atoms with E-state index >= 15 is 0 Å². The molecule has 0 aliphatic carbocycles. The van der Waals surface area contributed by atoms with Gasteiger partial charge in [-0.05, 0) is 36.1 Å². The Balaban J connectivity index is 1.99. The molecule has 0 radical (unpaired) electrons. The second-order valence-corrected chi connectivity index (χ2v) is 7.52. The minimum absolute atomic E-state index is 0.793. The molecule has 0 amide bonds. The molecular formula is C13H12NO2PS. The van der Waals surface area contributed by atoms with E-state index < -0.39 is 6.42 Å². The Hall–Kier alpha value is -1.51. The topological polar surface area (TPSA) is 30.5 Å². The summed E-state index contributed by atoms with van der Waals surface area (Å²) in [5.74, 6) is 1.59. The molecule has 5 heteroatoms. The first-order valence-corrected chi connectivity index (χ1v) is 8.25. The Labute approximate surface area is 111 Å². The minimum Gasteiger partial charge on any atom is -0.497 e. The van der Waals surface area contributed by atoms with E-state index in [9.17, 15) is 0 Å². The van der Waals surface area contributed by atoms with E-state index in [2.05, 4.69) is 5.09 Å². The van der Waals surface area contributed by atoms with Crippen molar-refractivity contribution in [1.29, 1.82) is 0 Å². The van der Waals surface area contributed by atoms with Gasteiger partial charge in [0.25, 0.3) is 0 Å². The average molecular weight is 277 g/mol. The van der Waals surface area contributed by atoms with Crippen LogP contribution >= 0.6 is 6.42 Å². The van der Waals surface area contributed by atoms with Crippen LogP contribution in [0.4, 0.5) is 5.69 Å². The van der Waals surface area contributed by atoms with Gasteiger partial charge in [0.05, 0.1) is 12.8 Å². The average Bonchev–Trinajstić information content (AvgIpc) is 2.76. The fourth-order valence-electron chi connectivity index (χ4n) is 1.86. The number of fused-ring (bicyclic) bond motifs is 1. The molecule has 0 aromatic heterocycles. The smallest absolute Gasteiger partial charge is 0.232 e. The van der Waals surface area contributed by atoms with Gasteiger partial charge in [0.15, 0.2) is 0 Å². The Kier molecular flexibility index (Phi) is 2.77. The number of rotatable bonds is 2. The standard InChI is InChI=1S/C13H12NO2PS/c1-15-10-7-8-13-12(9-10)14-17(18,16-13)11-5-3-2-4-6-11/h2-9H,1H3,(H,14,18). The molecule has 1 N–H and O–H groups in total. The predicted molar refractivity (Wildman–Crippen MR) is 77.6 cm³/mol. The first-order valence-electron chi connectivity index (χ1n) is 5.53. The number of ether oxygens (including phenoxy) is 1. The third kappa shape index (κ3) is 1.88. The van der Waals surface area contributed by atoms with Crippen molar-refractivity contribution in [3.8, 4) is 11.5 Å². The lowest BCUT2D eigenvalue weighted by Gasteiger charge is -2.15. The molecule has 1 heterocycles. The van der Waals surface area contributed by atoms with Crippen molar-refractivity contribution in [2.24, 2.45) is 0 Å². The predicted octanol–water partition coefficient (Wildman–Crippen LogP) is 3.13. The second kappa shape index (κ2) is 4.30. The molecule has 1 unspecified atom stereocenters. The SMILES string of the molecule is COc1ccc2c(c1)NP(=S)(c1ccccc1)O2. The highest BCUT2D eigenvalue weighted by atomic mass is 32.4. The maximum atomic E-state index is 5.94. The third-order valence-corrected chi connectivity index (χ3v) is 5.87. The van der Waals surface area contributed by atoms with Crippen LogP contribution in [-0.4, -0.2) is 7.11 Å². The Bertz CT molecular complexity index is 630. The minimum atomic E-state index is -2.21. The van der Waals surface area contributed by atoms with Crippen LogP contribution in [0.5, 0.6) is 11.5 Å². The van der Waals surface area contributed by atoms with Crippen LogP contribution in [0, 0.1) is 0 Å². The summed E-state index contributed by atoms with van der Waals surface area (Å²) in [6.07, 6.45) is -2.21. The Morgan fingerprint density at radius 2 is 1.94 bits per heavy atom. The fourth-order valence-corrected chi connectivity index (χ4v) is 4.54. The van der Waals surface area contributed by atoms with Gasteiger partial charge >= 0.3 is 0 Å². The van der Waals surface area contributed by atoms with Crippen LogP contribution in [0.25, 0.3) is 0 Å².